The van der Waals surface area contributed by atoms with Crippen LogP contribution in [0.1, 0.15) is 42.6 Å². The van der Waals surface area contributed by atoms with Gasteiger partial charge in [0.2, 0.25) is 5.91 Å². The van der Waals surface area contributed by atoms with E-state index < -0.39 is 12.6 Å². The summed E-state index contributed by atoms with van der Waals surface area (Å²) < 4.78 is 38.0. The van der Waals surface area contributed by atoms with Crippen LogP contribution in [0.5, 0.6) is 5.75 Å². The zero-order valence-electron chi connectivity index (χ0n) is 20.6. The van der Waals surface area contributed by atoms with Gasteiger partial charge in [-0.25, -0.2) is 4.98 Å². The maximum Gasteiger partial charge on any atom is 0.387 e. The molecule has 1 atom stereocenters. The number of fused-ring (bicyclic) bond motifs is 2. The monoisotopic (exact) mass is 512 g/mol. The van der Waals surface area contributed by atoms with Gasteiger partial charge in [0.05, 0.1) is 12.7 Å². The van der Waals surface area contributed by atoms with Gasteiger partial charge in [0.15, 0.2) is 0 Å². The third-order valence-electron chi connectivity index (χ3n) is 6.88. The minimum Gasteiger partial charge on any atom is -0.468 e. The van der Waals surface area contributed by atoms with Gasteiger partial charge < -0.3 is 24.3 Å². The van der Waals surface area contributed by atoms with Crippen molar-refractivity contribution in [1.82, 2.24) is 14.5 Å². The number of hydrogen-bond donors (Lipinski definition) is 1. The molecule has 1 aromatic carbocycles. The molecule has 3 heterocycles. The van der Waals surface area contributed by atoms with Crippen LogP contribution in [0, 0.1) is 5.92 Å². The Morgan fingerprint density at radius 3 is 2.65 bits per heavy atom. The molecule has 1 aliphatic carbocycles. The van der Waals surface area contributed by atoms with Gasteiger partial charge >= 0.3 is 12.6 Å². The quantitative estimate of drug-likeness (QED) is 0.454. The van der Waals surface area contributed by atoms with Crippen molar-refractivity contribution in [2.75, 3.05) is 12.4 Å². The van der Waals surface area contributed by atoms with E-state index in [1.807, 2.05) is 6.92 Å². The van der Waals surface area contributed by atoms with Crippen LogP contribution in [0.3, 0.4) is 0 Å². The Balaban J connectivity index is 1.63. The molecule has 3 aromatic rings. The van der Waals surface area contributed by atoms with E-state index in [2.05, 4.69) is 10.3 Å². The molecule has 0 radical (unpaired) electrons. The molecular weight excluding hydrogens is 486 g/mol. The largest absolute Gasteiger partial charge is 0.468 e. The number of esters is 1. The SMILES string of the molecule is COC(=O)Cn1cc(-c2cc3c(c(OC(F)F)c2)C(=O)N([C@@H](C)C2CC2)C3)c2ccc(NC(C)=O)nc21. The van der Waals surface area contributed by atoms with Crippen LogP contribution in [-0.2, 0) is 27.4 Å². The number of aromatic nitrogens is 2. The molecule has 2 aromatic heterocycles. The van der Waals surface area contributed by atoms with Crippen molar-refractivity contribution in [2.24, 2.45) is 5.92 Å². The van der Waals surface area contributed by atoms with Crippen LogP contribution < -0.4 is 10.1 Å². The van der Waals surface area contributed by atoms with Crippen molar-refractivity contribution >= 4 is 34.6 Å². The van der Waals surface area contributed by atoms with E-state index in [1.54, 1.807) is 33.9 Å². The van der Waals surface area contributed by atoms with E-state index in [4.69, 9.17) is 9.47 Å². The number of anilines is 1. The van der Waals surface area contributed by atoms with Gasteiger partial charge in [-0.15, -0.1) is 0 Å². The molecule has 1 aliphatic heterocycles. The lowest BCUT2D eigenvalue weighted by Gasteiger charge is -2.24. The molecule has 11 heteroatoms. The predicted molar refractivity (Wildman–Crippen MR) is 130 cm³/mol. The number of carbonyl (C=O) groups is 3. The van der Waals surface area contributed by atoms with Crippen molar-refractivity contribution in [2.45, 2.75) is 52.4 Å². The summed E-state index contributed by atoms with van der Waals surface area (Å²) in [5, 5.41) is 3.23. The number of carbonyl (C=O) groups excluding carboxylic acids is 3. The lowest BCUT2D eigenvalue weighted by Crippen LogP contribution is -2.34. The second-order valence-electron chi connectivity index (χ2n) is 9.39. The highest BCUT2D eigenvalue weighted by Gasteiger charge is 2.40. The van der Waals surface area contributed by atoms with Crippen molar-refractivity contribution < 1.29 is 32.6 Å². The molecule has 0 spiro atoms. The molecule has 37 heavy (non-hydrogen) atoms. The molecule has 194 valence electrons. The smallest absolute Gasteiger partial charge is 0.387 e. The standard InChI is InChI=1S/C26H26F2N4O5/c1-13(15-4-5-15)32-10-17-8-16(9-20(37-26(27)28)23(17)25(32)35)19-11-31(12-22(34)36-3)24-18(19)6-7-21(30-24)29-14(2)33/h6-9,11,13,15,26H,4-5,10,12H2,1-3H3,(H,29,30,33)/t13-/m0/s1. The number of amides is 2. The van der Waals surface area contributed by atoms with E-state index in [9.17, 15) is 23.2 Å². The number of rotatable bonds is 8. The number of pyridine rings is 1. The third-order valence-corrected chi connectivity index (χ3v) is 6.88. The van der Waals surface area contributed by atoms with Crippen LogP contribution in [-0.4, -0.2) is 52.0 Å². The molecule has 2 aliphatic rings. The average molecular weight is 513 g/mol. The fraction of sp³-hybridized carbons (Fsp3) is 0.385. The van der Waals surface area contributed by atoms with Crippen LogP contribution in [0.15, 0.2) is 30.5 Å². The Kier molecular flexibility index (Phi) is 6.30. The molecular formula is C26H26F2N4O5. The summed E-state index contributed by atoms with van der Waals surface area (Å²) in [7, 11) is 1.27. The highest BCUT2D eigenvalue weighted by Crippen LogP contribution is 2.43. The summed E-state index contributed by atoms with van der Waals surface area (Å²) >= 11 is 0. The molecule has 1 N–H and O–H groups in total. The zero-order chi connectivity index (χ0) is 26.4. The lowest BCUT2D eigenvalue weighted by molar-refractivity contribution is -0.141. The van der Waals surface area contributed by atoms with Gasteiger partial charge in [0.1, 0.15) is 23.8 Å². The summed E-state index contributed by atoms with van der Waals surface area (Å²) in [5.41, 5.74) is 2.28. The zero-order valence-corrected chi connectivity index (χ0v) is 20.6. The fourth-order valence-corrected chi connectivity index (χ4v) is 4.91. The van der Waals surface area contributed by atoms with Crippen molar-refractivity contribution in [1.29, 1.82) is 0 Å². The number of benzene rings is 1. The van der Waals surface area contributed by atoms with E-state index in [0.717, 1.165) is 12.8 Å². The van der Waals surface area contributed by atoms with E-state index in [0.29, 0.717) is 46.0 Å². The van der Waals surface area contributed by atoms with Gasteiger partial charge in [-0.2, -0.15) is 8.78 Å². The topological polar surface area (TPSA) is 103 Å². The van der Waals surface area contributed by atoms with Crippen LogP contribution in [0.2, 0.25) is 0 Å². The first-order valence-electron chi connectivity index (χ1n) is 11.9. The van der Waals surface area contributed by atoms with E-state index in [-0.39, 0.29) is 35.7 Å². The van der Waals surface area contributed by atoms with E-state index in [1.165, 1.54) is 20.1 Å². The molecule has 1 fully saturated rings. The molecule has 0 bridgehead atoms. The molecule has 0 unspecified atom stereocenters. The average Bonchev–Trinajstić information content (AvgIpc) is 3.56. The van der Waals surface area contributed by atoms with Crippen LogP contribution >= 0.6 is 0 Å². The number of ether oxygens (including phenoxy) is 2. The second kappa shape index (κ2) is 9.45. The number of nitrogens with zero attached hydrogens (tertiary/aromatic N) is 3. The molecule has 9 nitrogen and oxygen atoms in total. The number of halogens is 2. The Hall–Kier alpha value is -4.02. The van der Waals surface area contributed by atoms with Gasteiger partial charge in [-0.3, -0.25) is 14.4 Å². The molecule has 5 rings (SSSR count). The number of hydrogen-bond acceptors (Lipinski definition) is 6. The second-order valence-corrected chi connectivity index (χ2v) is 9.39. The highest BCUT2D eigenvalue weighted by atomic mass is 19.3. The minimum atomic E-state index is -3.11. The molecule has 0 saturated heterocycles. The Morgan fingerprint density at radius 2 is 2.00 bits per heavy atom. The normalized spacial score (nSPS) is 15.7. The molecule has 1 saturated carbocycles. The Labute approximate surface area is 211 Å². The first kappa shape index (κ1) is 24.7. The van der Waals surface area contributed by atoms with Crippen molar-refractivity contribution in [3.05, 3.63) is 41.6 Å². The van der Waals surface area contributed by atoms with Gasteiger partial charge in [0, 0.05) is 36.7 Å². The summed E-state index contributed by atoms with van der Waals surface area (Å²) in [5.74, 6) is -0.610. The lowest BCUT2D eigenvalue weighted by atomic mass is 9.99. The summed E-state index contributed by atoms with van der Waals surface area (Å²) in [6.45, 7) is 0.374. The number of alkyl halides is 2. The van der Waals surface area contributed by atoms with Crippen molar-refractivity contribution in [3.8, 4) is 16.9 Å². The number of methoxy groups -OCH3 is 1. The first-order valence-corrected chi connectivity index (χ1v) is 11.9. The Morgan fingerprint density at radius 1 is 1.24 bits per heavy atom. The predicted octanol–water partition coefficient (Wildman–Crippen LogP) is 4.19. The maximum absolute atomic E-state index is 13.4. The van der Waals surface area contributed by atoms with Gasteiger partial charge in [0.25, 0.3) is 5.91 Å². The van der Waals surface area contributed by atoms with E-state index >= 15 is 0 Å². The first-order chi connectivity index (χ1) is 17.7. The minimum absolute atomic E-state index is 0.00103. The van der Waals surface area contributed by atoms with Gasteiger partial charge in [-0.1, -0.05) is 0 Å². The maximum atomic E-state index is 13.4. The van der Waals surface area contributed by atoms with Crippen molar-refractivity contribution in [3.63, 3.8) is 0 Å². The number of nitrogens with one attached hydrogen (secondary N) is 1. The summed E-state index contributed by atoms with van der Waals surface area (Å²) in [6, 6.07) is 6.56. The molecule has 2 amide bonds. The third kappa shape index (κ3) is 4.73. The fourth-order valence-electron chi connectivity index (χ4n) is 4.91. The van der Waals surface area contributed by atoms with Crippen LogP contribution in [0.25, 0.3) is 22.2 Å². The van der Waals surface area contributed by atoms with Gasteiger partial charge in [-0.05, 0) is 61.1 Å². The Bertz CT molecular complexity index is 1420. The highest BCUT2D eigenvalue weighted by molar-refractivity contribution is 6.03. The summed E-state index contributed by atoms with van der Waals surface area (Å²) in [4.78, 5) is 43.0. The summed E-state index contributed by atoms with van der Waals surface area (Å²) in [6.07, 6.45) is 3.75. The van der Waals surface area contributed by atoms with Crippen LogP contribution in [0.4, 0.5) is 14.6 Å².